The molecule has 1 heterocycles. The van der Waals surface area contributed by atoms with E-state index < -0.39 is 6.04 Å². The number of aryl methyl sites for hydroxylation is 2. The zero-order valence-corrected chi connectivity index (χ0v) is 11.7. The van der Waals surface area contributed by atoms with Crippen molar-refractivity contribution in [1.82, 2.24) is 5.32 Å². The van der Waals surface area contributed by atoms with Crippen molar-refractivity contribution in [2.24, 2.45) is 10.9 Å². The normalized spacial score (nSPS) is 13.4. The van der Waals surface area contributed by atoms with Gasteiger partial charge in [-0.05, 0) is 31.9 Å². The van der Waals surface area contributed by atoms with Gasteiger partial charge in [0.15, 0.2) is 5.84 Å². The lowest BCUT2D eigenvalue weighted by molar-refractivity contribution is 0.0949. The third-order valence-corrected chi connectivity index (χ3v) is 3.90. The summed E-state index contributed by atoms with van der Waals surface area (Å²) in [7, 11) is 0. The van der Waals surface area contributed by atoms with Gasteiger partial charge in [0.05, 0.1) is 10.9 Å². The standard InChI is InChI=1S/C12H19N3O2S/c1-4-5-9(11(13)15-17)14-12(16)10-6-7(2)8(3)18-10/h6,9,17H,4-5H2,1-3H3,(H2,13,15)(H,14,16). The van der Waals surface area contributed by atoms with E-state index in [9.17, 15) is 4.79 Å². The van der Waals surface area contributed by atoms with Crippen molar-refractivity contribution in [2.75, 3.05) is 0 Å². The predicted molar refractivity (Wildman–Crippen MR) is 73.4 cm³/mol. The van der Waals surface area contributed by atoms with Gasteiger partial charge in [-0.15, -0.1) is 11.3 Å². The predicted octanol–water partition coefficient (Wildman–Crippen LogP) is 2.01. The Hall–Kier alpha value is -1.56. The Bertz CT molecular complexity index is 435. The van der Waals surface area contributed by atoms with Gasteiger partial charge in [-0.3, -0.25) is 4.79 Å². The monoisotopic (exact) mass is 269 g/mol. The Kier molecular flexibility index (Phi) is 5.15. The molecule has 1 amide bonds. The molecule has 18 heavy (non-hydrogen) atoms. The summed E-state index contributed by atoms with van der Waals surface area (Å²) in [6, 6.07) is 1.43. The largest absolute Gasteiger partial charge is 0.409 e. The van der Waals surface area contributed by atoms with Crippen LogP contribution in [0.1, 0.15) is 39.9 Å². The molecule has 1 atom stereocenters. The molecule has 1 rings (SSSR count). The average molecular weight is 269 g/mol. The van der Waals surface area contributed by atoms with Gasteiger partial charge in [-0.2, -0.15) is 0 Å². The quantitative estimate of drug-likeness (QED) is 0.331. The maximum atomic E-state index is 12.0. The van der Waals surface area contributed by atoms with Gasteiger partial charge >= 0.3 is 0 Å². The Morgan fingerprint density at radius 3 is 2.72 bits per heavy atom. The first-order chi connectivity index (χ1) is 8.49. The van der Waals surface area contributed by atoms with E-state index in [0.29, 0.717) is 11.3 Å². The molecule has 5 nitrogen and oxygen atoms in total. The number of thiophene rings is 1. The number of hydrogen-bond acceptors (Lipinski definition) is 4. The molecule has 0 radical (unpaired) electrons. The van der Waals surface area contributed by atoms with Gasteiger partial charge in [0.2, 0.25) is 0 Å². The van der Waals surface area contributed by atoms with Crippen LogP contribution in [0, 0.1) is 13.8 Å². The van der Waals surface area contributed by atoms with Crippen LogP contribution in [-0.4, -0.2) is 23.0 Å². The molecule has 0 fully saturated rings. The number of carbonyl (C=O) groups is 1. The number of nitrogens with one attached hydrogen (secondary N) is 1. The van der Waals surface area contributed by atoms with Crippen LogP contribution in [-0.2, 0) is 0 Å². The first-order valence-corrected chi connectivity index (χ1v) is 6.66. The molecular weight excluding hydrogens is 250 g/mol. The van der Waals surface area contributed by atoms with Crippen LogP contribution < -0.4 is 11.1 Å². The van der Waals surface area contributed by atoms with Crippen molar-refractivity contribution in [1.29, 1.82) is 0 Å². The van der Waals surface area contributed by atoms with E-state index >= 15 is 0 Å². The lowest BCUT2D eigenvalue weighted by atomic mass is 10.1. The number of carbonyl (C=O) groups excluding carboxylic acids is 1. The molecule has 6 heteroatoms. The van der Waals surface area contributed by atoms with Gasteiger partial charge in [0.1, 0.15) is 0 Å². The Balaban J connectivity index is 2.78. The molecule has 1 aromatic heterocycles. The number of amidine groups is 1. The molecule has 1 unspecified atom stereocenters. The molecule has 0 aliphatic rings. The van der Waals surface area contributed by atoms with E-state index in [4.69, 9.17) is 10.9 Å². The van der Waals surface area contributed by atoms with Crippen molar-refractivity contribution in [2.45, 2.75) is 39.7 Å². The maximum absolute atomic E-state index is 12.0. The van der Waals surface area contributed by atoms with Crippen LogP contribution in [0.2, 0.25) is 0 Å². The molecule has 0 aliphatic carbocycles. The minimum absolute atomic E-state index is 0.0372. The van der Waals surface area contributed by atoms with E-state index in [2.05, 4.69) is 10.5 Å². The zero-order chi connectivity index (χ0) is 13.7. The SMILES string of the molecule is CCCC(NC(=O)c1cc(C)c(C)s1)C(N)=NO. The van der Waals surface area contributed by atoms with Crippen LogP contribution >= 0.6 is 11.3 Å². The first-order valence-electron chi connectivity index (χ1n) is 5.84. The summed E-state index contributed by atoms with van der Waals surface area (Å²) in [4.78, 5) is 13.8. The van der Waals surface area contributed by atoms with Crippen LogP contribution in [0.3, 0.4) is 0 Å². The fourth-order valence-electron chi connectivity index (χ4n) is 1.57. The average Bonchev–Trinajstić information content (AvgIpc) is 2.68. The zero-order valence-electron chi connectivity index (χ0n) is 10.9. The lowest BCUT2D eigenvalue weighted by Gasteiger charge is -2.15. The van der Waals surface area contributed by atoms with Gasteiger partial charge in [-0.25, -0.2) is 0 Å². The Labute approximate surface area is 111 Å². The van der Waals surface area contributed by atoms with Crippen molar-refractivity contribution < 1.29 is 10.0 Å². The Morgan fingerprint density at radius 2 is 2.28 bits per heavy atom. The van der Waals surface area contributed by atoms with Crippen molar-refractivity contribution in [3.63, 3.8) is 0 Å². The van der Waals surface area contributed by atoms with E-state index in [-0.39, 0.29) is 11.7 Å². The molecule has 0 spiro atoms. The summed E-state index contributed by atoms with van der Waals surface area (Å²) in [5.41, 5.74) is 6.65. The highest BCUT2D eigenvalue weighted by molar-refractivity contribution is 7.14. The van der Waals surface area contributed by atoms with E-state index in [1.807, 2.05) is 26.8 Å². The molecule has 0 saturated carbocycles. The summed E-state index contributed by atoms with van der Waals surface area (Å²) in [6.45, 7) is 5.92. The van der Waals surface area contributed by atoms with Crippen LogP contribution in [0.5, 0.6) is 0 Å². The topological polar surface area (TPSA) is 87.7 Å². The van der Waals surface area contributed by atoms with Crippen LogP contribution in [0.4, 0.5) is 0 Å². The second-order valence-corrected chi connectivity index (χ2v) is 5.45. The number of amides is 1. The summed E-state index contributed by atoms with van der Waals surface area (Å²) in [6.07, 6.45) is 1.48. The number of nitrogens with zero attached hydrogens (tertiary/aromatic N) is 1. The summed E-state index contributed by atoms with van der Waals surface area (Å²) in [5.74, 6) is -0.142. The number of hydrogen-bond donors (Lipinski definition) is 3. The molecule has 100 valence electrons. The second kappa shape index (κ2) is 6.39. The third-order valence-electron chi connectivity index (χ3n) is 2.74. The molecule has 1 aromatic rings. The molecule has 4 N–H and O–H groups in total. The molecule has 0 aromatic carbocycles. The summed E-state index contributed by atoms with van der Waals surface area (Å²) >= 11 is 1.45. The van der Waals surface area contributed by atoms with E-state index in [1.165, 1.54) is 11.3 Å². The summed E-state index contributed by atoms with van der Waals surface area (Å²) in [5, 5.41) is 14.4. The van der Waals surface area contributed by atoms with Crippen molar-refractivity contribution in [3.05, 3.63) is 21.4 Å². The second-order valence-electron chi connectivity index (χ2n) is 4.19. The Morgan fingerprint density at radius 1 is 1.61 bits per heavy atom. The van der Waals surface area contributed by atoms with E-state index in [0.717, 1.165) is 16.9 Å². The third kappa shape index (κ3) is 3.46. The molecule has 0 saturated heterocycles. The highest BCUT2D eigenvalue weighted by atomic mass is 32.1. The number of rotatable bonds is 5. The molecule has 0 bridgehead atoms. The smallest absolute Gasteiger partial charge is 0.261 e. The molecule has 0 aliphatic heterocycles. The highest BCUT2D eigenvalue weighted by Crippen LogP contribution is 2.20. The van der Waals surface area contributed by atoms with E-state index in [1.54, 1.807) is 0 Å². The minimum atomic E-state index is -0.421. The van der Waals surface area contributed by atoms with Crippen molar-refractivity contribution >= 4 is 23.1 Å². The first kappa shape index (κ1) is 14.5. The molecular formula is C12H19N3O2S. The van der Waals surface area contributed by atoms with Gasteiger partial charge in [0, 0.05) is 4.88 Å². The van der Waals surface area contributed by atoms with Gasteiger partial charge in [-0.1, -0.05) is 18.5 Å². The van der Waals surface area contributed by atoms with Crippen LogP contribution in [0.15, 0.2) is 11.2 Å². The summed E-state index contributed by atoms with van der Waals surface area (Å²) < 4.78 is 0. The number of oxime groups is 1. The fraction of sp³-hybridized carbons (Fsp3) is 0.500. The maximum Gasteiger partial charge on any atom is 0.261 e. The van der Waals surface area contributed by atoms with Gasteiger partial charge < -0.3 is 16.3 Å². The van der Waals surface area contributed by atoms with Crippen molar-refractivity contribution in [3.8, 4) is 0 Å². The number of nitrogens with two attached hydrogens (primary N) is 1. The minimum Gasteiger partial charge on any atom is -0.409 e. The highest BCUT2D eigenvalue weighted by Gasteiger charge is 2.18. The fourth-order valence-corrected chi connectivity index (χ4v) is 2.50. The van der Waals surface area contributed by atoms with Gasteiger partial charge in [0.25, 0.3) is 5.91 Å². The lowest BCUT2D eigenvalue weighted by Crippen LogP contribution is -2.44. The van der Waals surface area contributed by atoms with Crippen LogP contribution in [0.25, 0.3) is 0 Å².